The van der Waals surface area contributed by atoms with E-state index in [1.165, 1.54) is 37.0 Å². The van der Waals surface area contributed by atoms with Crippen LogP contribution in [0.5, 0.6) is 0 Å². The second-order valence-corrected chi connectivity index (χ2v) is 9.17. The number of nitrogens with one attached hydrogen (secondary N) is 1. The molecule has 1 heterocycles. The molecule has 0 bridgehead atoms. The van der Waals surface area contributed by atoms with Crippen molar-refractivity contribution in [1.82, 2.24) is 9.62 Å². The first-order chi connectivity index (χ1) is 10.1. The Labute approximate surface area is 131 Å². The van der Waals surface area contributed by atoms with Gasteiger partial charge in [0.2, 0.25) is 10.0 Å². The first-order valence-corrected chi connectivity index (χ1v) is 10.2. The average Bonchev–Trinajstić information content (AvgIpc) is 3.38. The van der Waals surface area contributed by atoms with Crippen molar-refractivity contribution >= 4 is 21.4 Å². The normalized spacial score (nSPS) is 19.3. The van der Waals surface area contributed by atoms with Gasteiger partial charge in [0.05, 0.1) is 4.90 Å². The van der Waals surface area contributed by atoms with Gasteiger partial charge in [0.1, 0.15) is 0 Å². The molecule has 21 heavy (non-hydrogen) atoms. The third-order valence-corrected chi connectivity index (χ3v) is 7.03. The van der Waals surface area contributed by atoms with Crippen LogP contribution in [0.15, 0.2) is 16.3 Å². The van der Waals surface area contributed by atoms with E-state index in [4.69, 9.17) is 0 Å². The SMILES string of the molecule is CCNCc1cc(S(=O)(=O)N(CC2CC2)CC2CC2)cs1. The fourth-order valence-electron chi connectivity index (χ4n) is 2.43. The lowest BCUT2D eigenvalue weighted by molar-refractivity contribution is 0.382. The van der Waals surface area contributed by atoms with E-state index in [1.54, 1.807) is 9.69 Å². The van der Waals surface area contributed by atoms with Crippen LogP contribution in [0.3, 0.4) is 0 Å². The van der Waals surface area contributed by atoms with Crippen LogP contribution in [0, 0.1) is 11.8 Å². The molecule has 0 radical (unpaired) electrons. The fourth-order valence-corrected chi connectivity index (χ4v) is 5.26. The van der Waals surface area contributed by atoms with Gasteiger partial charge < -0.3 is 5.32 Å². The fraction of sp³-hybridized carbons (Fsp3) is 0.733. The Bertz CT molecular complexity index is 560. The zero-order valence-electron chi connectivity index (χ0n) is 12.5. The standard InChI is InChI=1S/C15H24N2O2S2/c1-2-16-8-14-7-15(11-20-14)21(18,19)17(9-12-3-4-12)10-13-5-6-13/h7,11-13,16H,2-6,8-10H2,1H3. The van der Waals surface area contributed by atoms with Gasteiger partial charge in [-0.15, -0.1) is 11.3 Å². The van der Waals surface area contributed by atoms with Crippen LogP contribution >= 0.6 is 11.3 Å². The van der Waals surface area contributed by atoms with E-state index in [-0.39, 0.29) is 0 Å². The predicted molar refractivity (Wildman–Crippen MR) is 85.9 cm³/mol. The number of rotatable bonds is 9. The van der Waals surface area contributed by atoms with Crippen LogP contribution in [0.1, 0.15) is 37.5 Å². The van der Waals surface area contributed by atoms with Crippen LogP contribution in [-0.2, 0) is 16.6 Å². The minimum absolute atomic E-state index is 0.488. The highest BCUT2D eigenvalue weighted by molar-refractivity contribution is 7.89. The van der Waals surface area contributed by atoms with Crippen molar-refractivity contribution in [3.8, 4) is 0 Å². The summed E-state index contributed by atoms with van der Waals surface area (Å²) in [4.78, 5) is 1.58. The molecule has 0 aliphatic heterocycles. The summed E-state index contributed by atoms with van der Waals surface area (Å²) >= 11 is 1.53. The summed E-state index contributed by atoms with van der Waals surface area (Å²) in [7, 11) is -3.30. The zero-order valence-corrected chi connectivity index (χ0v) is 14.2. The summed E-state index contributed by atoms with van der Waals surface area (Å²) in [6.07, 6.45) is 4.75. The molecule has 2 fully saturated rings. The molecule has 0 unspecified atom stereocenters. The lowest BCUT2D eigenvalue weighted by Gasteiger charge is -2.21. The van der Waals surface area contributed by atoms with Gasteiger partial charge in [-0.1, -0.05) is 6.92 Å². The van der Waals surface area contributed by atoms with Gasteiger partial charge in [0.25, 0.3) is 0 Å². The smallest absolute Gasteiger partial charge is 0.243 e. The van der Waals surface area contributed by atoms with Crippen molar-refractivity contribution < 1.29 is 8.42 Å². The Morgan fingerprint density at radius 2 is 1.86 bits per heavy atom. The van der Waals surface area contributed by atoms with Gasteiger partial charge >= 0.3 is 0 Å². The highest BCUT2D eigenvalue weighted by Gasteiger charge is 2.35. The van der Waals surface area contributed by atoms with Gasteiger partial charge in [0.15, 0.2) is 0 Å². The molecule has 1 N–H and O–H groups in total. The second kappa shape index (κ2) is 6.36. The zero-order chi connectivity index (χ0) is 14.9. The Morgan fingerprint density at radius 1 is 1.24 bits per heavy atom. The van der Waals surface area contributed by atoms with Gasteiger partial charge in [-0.3, -0.25) is 0 Å². The molecule has 0 atom stereocenters. The summed E-state index contributed by atoms with van der Waals surface area (Å²) in [5, 5.41) is 5.05. The minimum Gasteiger partial charge on any atom is -0.312 e. The van der Waals surface area contributed by atoms with Crippen molar-refractivity contribution in [1.29, 1.82) is 0 Å². The maximum Gasteiger partial charge on any atom is 0.243 e. The van der Waals surface area contributed by atoms with E-state index in [0.717, 1.165) is 31.1 Å². The minimum atomic E-state index is -3.30. The Morgan fingerprint density at radius 3 is 2.38 bits per heavy atom. The van der Waals surface area contributed by atoms with Crippen LogP contribution < -0.4 is 5.32 Å². The molecule has 0 spiro atoms. The Balaban J connectivity index is 1.73. The first kappa shape index (κ1) is 15.5. The Hall–Kier alpha value is -0.430. The molecule has 6 heteroatoms. The molecule has 2 aliphatic rings. The second-order valence-electron chi connectivity index (χ2n) is 6.24. The molecule has 0 saturated heterocycles. The van der Waals surface area contributed by atoms with Crippen LogP contribution in [0.25, 0.3) is 0 Å². The maximum absolute atomic E-state index is 12.9. The van der Waals surface area contributed by atoms with Gasteiger partial charge in [-0.25, -0.2) is 8.42 Å². The summed E-state index contributed by atoms with van der Waals surface area (Å²) in [5.74, 6) is 1.19. The van der Waals surface area contributed by atoms with E-state index in [0.29, 0.717) is 16.7 Å². The van der Waals surface area contributed by atoms with Gasteiger partial charge in [-0.05, 0) is 50.1 Å². The molecule has 2 saturated carbocycles. The third-order valence-electron chi connectivity index (χ3n) is 4.13. The van der Waals surface area contributed by atoms with Crippen LogP contribution in [0.4, 0.5) is 0 Å². The third kappa shape index (κ3) is 4.06. The Kier molecular flexibility index (Phi) is 4.69. The van der Waals surface area contributed by atoms with E-state index >= 15 is 0 Å². The van der Waals surface area contributed by atoms with Crippen LogP contribution in [0.2, 0.25) is 0 Å². The molecule has 2 aliphatic carbocycles. The number of thiophene rings is 1. The first-order valence-electron chi connectivity index (χ1n) is 7.88. The molecule has 4 nitrogen and oxygen atoms in total. The summed E-state index contributed by atoms with van der Waals surface area (Å²) in [6.45, 7) is 5.14. The summed E-state index contributed by atoms with van der Waals surface area (Å²) in [6, 6.07) is 1.84. The number of sulfonamides is 1. The number of nitrogens with zero attached hydrogens (tertiary/aromatic N) is 1. The largest absolute Gasteiger partial charge is 0.312 e. The monoisotopic (exact) mass is 328 g/mol. The molecule has 0 aromatic carbocycles. The van der Waals surface area contributed by atoms with Crippen molar-refractivity contribution in [3.63, 3.8) is 0 Å². The molecular formula is C15H24N2O2S2. The lowest BCUT2D eigenvalue weighted by atomic mass is 10.4. The van der Waals surface area contributed by atoms with Gasteiger partial charge in [0, 0.05) is 29.9 Å². The van der Waals surface area contributed by atoms with Crippen molar-refractivity contribution in [2.75, 3.05) is 19.6 Å². The van der Waals surface area contributed by atoms with E-state index in [2.05, 4.69) is 12.2 Å². The molecule has 3 rings (SSSR count). The van der Waals surface area contributed by atoms with Crippen molar-refractivity contribution in [2.45, 2.75) is 44.0 Å². The topological polar surface area (TPSA) is 49.4 Å². The lowest BCUT2D eigenvalue weighted by Crippen LogP contribution is -2.34. The highest BCUT2D eigenvalue weighted by atomic mass is 32.2. The van der Waals surface area contributed by atoms with Gasteiger partial charge in [-0.2, -0.15) is 4.31 Å². The molecule has 1 aromatic rings. The van der Waals surface area contributed by atoms with E-state index in [1.807, 2.05) is 6.07 Å². The summed E-state index contributed by atoms with van der Waals surface area (Å²) in [5.41, 5.74) is 0. The maximum atomic E-state index is 12.9. The number of hydrogen-bond donors (Lipinski definition) is 1. The number of hydrogen-bond acceptors (Lipinski definition) is 4. The molecule has 1 aromatic heterocycles. The molecule has 0 amide bonds. The quantitative estimate of drug-likeness (QED) is 0.758. The van der Waals surface area contributed by atoms with E-state index < -0.39 is 10.0 Å². The highest BCUT2D eigenvalue weighted by Crippen LogP contribution is 2.36. The molecule has 118 valence electrons. The van der Waals surface area contributed by atoms with Crippen molar-refractivity contribution in [3.05, 3.63) is 16.3 Å². The molecular weight excluding hydrogens is 304 g/mol. The summed E-state index contributed by atoms with van der Waals surface area (Å²) < 4.78 is 27.5. The predicted octanol–water partition coefficient (Wildman–Crippen LogP) is 2.67. The van der Waals surface area contributed by atoms with Crippen LogP contribution in [-0.4, -0.2) is 32.4 Å². The van der Waals surface area contributed by atoms with E-state index in [9.17, 15) is 8.42 Å². The van der Waals surface area contributed by atoms with Crippen molar-refractivity contribution in [2.24, 2.45) is 11.8 Å². The average molecular weight is 329 g/mol.